The normalized spacial score (nSPS) is 18.0. The van der Waals surface area contributed by atoms with Crippen molar-refractivity contribution >= 4 is 17.5 Å². The maximum absolute atomic E-state index is 12.8. The van der Waals surface area contributed by atoms with E-state index in [4.69, 9.17) is 17.3 Å². The number of carbonyl (C=O) groups excluding carboxylic acids is 1. The molecule has 1 aromatic carbocycles. The minimum absolute atomic E-state index is 0.000954. The monoisotopic (exact) mass is 318 g/mol. The molecule has 1 atom stereocenters. The summed E-state index contributed by atoms with van der Waals surface area (Å²) in [5.41, 5.74) is 7.71. The number of aromatic nitrogens is 2. The Kier molecular flexibility index (Phi) is 4.18. The highest BCUT2D eigenvalue weighted by molar-refractivity contribution is 6.33. The molecule has 0 aliphatic carbocycles. The van der Waals surface area contributed by atoms with Crippen LogP contribution in [0.15, 0.2) is 30.5 Å². The molecule has 0 radical (unpaired) electrons. The highest BCUT2D eigenvalue weighted by Crippen LogP contribution is 2.30. The van der Waals surface area contributed by atoms with Crippen LogP contribution in [0.3, 0.4) is 0 Å². The van der Waals surface area contributed by atoms with Crippen LogP contribution in [0.1, 0.15) is 16.8 Å². The van der Waals surface area contributed by atoms with Gasteiger partial charge in [0.1, 0.15) is 5.69 Å². The van der Waals surface area contributed by atoms with Crippen LogP contribution in [0.4, 0.5) is 0 Å². The lowest BCUT2D eigenvalue weighted by atomic mass is 10.1. The first kappa shape index (κ1) is 15.1. The molecule has 2 aromatic rings. The van der Waals surface area contributed by atoms with E-state index in [1.54, 1.807) is 16.9 Å². The van der Waals surface area contributed by atoms with Crippen molar-refractivity contribution in [3.05, 3.63) is 41.0 Å². The standard InChI is InChI=1S/C16H19ClN4O/c1-20-10-13(16(22)21-7-6-11(8-18)9-21)15(19-20)12-4-2-3-5-14(12)17/h2-5,10-11H,6-9,18H2,1H3. The molecule has 1 saturated heterocycles. The van der Waals surface area contributed by atoms with Gasteiger partial charge in [-0.15, -0.1) is 0 Å². The van der Waals surface area contributed by atoms with Gasteiger partial charge in [-0.1, -0.05) is 29.8 Å². The predicted octanol–water partition coefficient (Wildman–Crippen LogP) is 2.16. The van der Waals surface area contributed by atoms with Crippen molar-refractivity contribution in [1.29, 1.82) is 0 Å². The quantitative estimate of drug-likeness (QED) is 0.943. The Labute approximate surface area is 134 Å². The smallest absolute Gasteiger partial charge is 0.257 e. The second kappa shape index (κ2) is 6.10. The van der Waals surface area contributed by atoms with Crippen molar-refractivity contribution in [2.45, 2.75) is 6.42 Å². The Balaban J connectivity index is 1.95. The summed E-state index contributed by atoms with van der Waals surface area (Å²) in [4.78, 5) is 14.7. The van der Waals surface area contributed by atoms with Crippen LogP contribution in [0.2, 0.25) is 5.02 Å². The van der Waals surface area contributed by atoms with Crippen molar-refractivity contribution in [1.82, 2.24) is 14.7 Å². The fraction of sp³-hybridized carbons (Fsp3) is 0.375. The lowest BCUT2D eigenvalue weighted by Gasteiger charge is -2.16. The molecule has 116 valence electrons. The van der Waals surface area contributed by atoms with E-state index < -0.39 is 0 Å². The average molecular weight is 319 g/mol. The summed E-state index contributed by atoms with van der Waals surface area (Å²) in [5.74, 6) is 0.392. The van der Waals surface area contributed by atoms with Gasteiger partial charge in [0.2, 0.25) is 0 Å². The van der Waals surface area contributed by atoms with Crippen LogP contribution in [-0.4, -0.2) is 40.2 Å². The third-order valence-corrected chi connectivity index (χ3v) is 4.42. The van der Waals surface area contributed by atoms with Gasteiger partial charge in [0.15, 0.2) is 0 Å². The molecule has 0 saturated carbocycles. The van der Waals surface area contributed by atoms with Gasteiger partial charge in [-0.2, -0.15) is 5.10 Å². The molecule has 1 amide bonds. The maximum Gasteiger partial charge on any atom is 0.257 e. The molecule has 0 bridgehead atoms. The van der Waals surface area contributed by atoms with Crippen LogP contribution in [0.5, 0.6) is 0 Å². The van der Waals surface area contributed by atoms with E-state index >= 15 is 0 Å². The number of nitrogens with two attached hydrogens (primary N) is 1. The molecule has 1 aliphatic heterocycles. The SMILES string of the molecule is Cn1cc(C(=O)N2CCC(CN)C2)c(-c2ccccc2Cl)n1. The molecule has 1 unspecified atom stereocenters. The van der Waals surface area contributed by atoms with Gasteiger partial charge in [-0.25, -0.2) is 0 Å². The minimum Gasteiger partial charge on any atom is -0.338 e. The Bertz CT molecular complexity index is 697. The highest BCUT2D eigenvalue weighted by atomic mass is 35.5. The van der Waals surface area contributed by atoms with Gasteiger partial charge >= 0.3 is 0 Å². The van der Waals surface area contributed by atoms with E-state index in [1.807, 2.05) is 30.1 Å². The second-order valence-electron chi connectivity index (χ2n) is 5.69. The van der Waals surface area contributed by atoms with Gasteiger partial charge < -0.3 is 10.6 Å². The van der Waals surface area contributed by atoms with Crippen LogP contribution < -0.4 is 5.73 Å². The van der Waals surface area contributed by atoms with Crippen LogP contribution in [0.25, 0.3) is 11.3 Å². The summed E-state index contributed by atoms with van der Waals surface area (Å²) in [7, 11) is 1.81. The lowest BCUT2D eigenvalue weighted by Crippen LogP contribution is -2.30. The molecule has 1 aliphatic rings. The molecule has 2 heterocycles. The van der Waals surface area contributed by atoms with Gasteiger partial charge in [-0.3, -0.25) is 9.48 Å². The number of benzene rings is 1. The Morgan fingerprint density at radius 3 is 2.91 bits per heavy atom. The fourth-order valence-corrected chi connectivity index (χ4v) is 3.10. The molecular formula is C16H19ClN4O. The number of halogens is 1. The van der Waals surface area contributed by atoms with Gasteiger partial charge in [0.05, 0.1) is 10.6 Å². The molecule has 6 heteroatoms. The summed E-state index contributed by atoms with van der Waals surface area (Å²) in [5, 5.41) is 5.03. The number of rotatable bonds is 3. The van der Waals surface area contributed by atoms with E-state index in [0.717, 1.165) is 18.5 Å². The van der Waals surface area contributed by atoms with E-state index in [1.165, 1.54) is 0 Å². The number of hydrogen-bond acceptors (Lipinski definition) is 3. The number of likely N-dealkylation sites (tertiary alicyclic amines) is 1. The molecule has 1 aromatic heterocycles. The zero-order valence-electron chi connectivity index (χ0n) is 12.5. The first-order chi connectivity index (χ1) is 10.6. The van der Waals surface area contributed by atoms with Crippen molar-refractivity contribution in [2.75, 3.05) is 19.6 Å². The molecule has 3 rings (SSSR count). The summed E-state index contributed by atoms with van der Waals surface area (Å²) in [6.07, 6.45) is 2.72. The Morgan fingerprint density at radius 2 is 2.23 bits per heavy atom. The molecule has 22 heavy (non-hydrogen) atoms. The number of nitrogens with zero attached hydrogens (tertiary/aromatic N) is 3. The van der Waals surface area contributed by atoms with Gasteiger partial charge in [0.25, 0.3) is 5.91 Å². The fourth-order valence-electron chi connectivity index (χ4n) is 2.88. The highest BCUT2D eigenvalue weighted by Gasteiger charge is 2.29. The first-order valence-electron chi connectivity index (χ1n) is 7.38. The van der Waals surface area contributed by atoms with E-state index in [2.05, 4.69) is 5.10 Å². The summed E-state index contributed by atoms with van der Waals surface area (Å²) >= 11 is 6.26. The van der Waals surface area contributed by atoms with Crippen molar-refractivity contribution < 1.29 is 4.79 Å². The molecule has 2 N–H and O–H groups in total. The number of amides is 1. The maximum atomic E-state index is 12.8. The largest absolute Gasteiger partial charge is 0.338 e. The average Bonchev–Trinajstić information content (AvgIpc) is 3.13. The summed E-state index contributed by atoms with van der Waals surface area (Å²) in [6, 6.07) is 7.45. The van der Waals surface area contributed by atoms with E-state index in [-0.39, 0.29) is 5.91 Å². The summed E-state index contributed by atoms with van der Waals surface area (Å²) in [6.45, 7) is 2.08. The van der Waals surface area contributed by atoms with Crippen LogP contribution in [-0.2, 0) is 7.05 Å². The molecule has 1 fully saturated rings. The predicted molar refractivity (Wildman–Crippen MR) is 86.7 cm³/mol. The topological polar surface area (TPSA) is 64.2 Å². The van der Waals surface area contributed by atoms with Crippen molar-refractivity contribution in [3.63, 3.8) is 0 Å². The lowest BCUT2D eigenvalue weighted by molar-refractivity contribution is 0.0788. The summed E-state index contributed by atoms with van der Waals surface area (Å²) < 4.78 is 1.66. The van der Waals surface area contributed by atoms with Gasteiger partial charge in [-0.05, 0) is 24.9 Å². The Morgan fingerprint density at radius 1 is 1.45 bits per heavy atom. The third-order valence-electron chi connectivity index (χ3n) is 4.09. The zero-order chi connectivity index (χ0) is 15.7. The zero-order valence-corrected chi connectivity index (χ0v) is 13.3. The van der Waals surface area contributed by atoms with Crippen molar-refractivity contribution in [2.24, 2.45) is 18.7 Å². The number of carbonyl (C=O) groups is 1. The third kappa shape index (κ3) is 2.74. The van der Waals surface area contributed by atoms with Gasteiger partial charge in [0, 0.05) is 31.9 Å². The Hall–Kier alpha value is -1.85. The van der Waals surface area contributed by atoms with Crippen LogP contribution >= 0.6 is 11.6 Å². The van der Waals surface area contributed by atoms with Crippen molar-refractivity contribution in [3.8, 4) is 11.3 Å². The molecular weight excluding hydrogens is 300 g/mol. The molecule has 5 nitrogen and oxygen atoms in total. The number of aryl methyl sites for hydroxylation is 1. The van der Waals surface area contributed by atoms with Crippen LogP contribution in [0, 0.1) is 5.92 Å². The van der Waals surface area contributed by atoms with E-state index in [0.29, 0.717) is 35.3 Å². The second-order valence-corrected chi connectivity index (χ2v) is 6.09. The number of hydrogen-bond donors (Lipinski definition) is 1. The molecule has 0 spiro atoms. The first-order valence-corrected chi connectivity index (χ1v) is 7.76. The van der Waals surface area contributed by atoms with E-state index in [9.17, 15) is 4.79 Å². The minimum atomic E-state index is -0.000954.